The number of nitrogens with one attached hydrogen (secondary N) is 1. The fourth-order valence-corrected chi connectivity index (χ4v) is 3.52. The van der Waals surface area contributed by atoms with Gasteiger partial charge in [0.05, 0.1) is 6.26 Å². The lowest BCUT2D eigenvalue weighted by Crippen LogP contribution is -2.38. The van der Waals surface area contributed by atoms with Crippen molar-refractivity contribution in [3.05, 3.63) is 59.5 Å². The molecule has 1 N–H and O–H groups in total. The van der Waals surface area contributed by atoms with Gasteiger partial charge in [-0.3, -0.25) is 9.59 Å². The van der Waals surface area contributed by atoms with Crippen molar-refractivity contribution in [2.24, 2.45) is 5.92 Å². The first-order valence-electron chi connectivity index (χ1n) is 9.41. The zero-order valence-electron chi connectivity index (χ0n) is 14.8. The highest BCUT2D eigenvalue weighted by Gasteiger charge is 2.26. The molecular formula is C21H24N2O3. The predicted octanol–water partition coefficient (Wildman–Crippen LogP) is 3.27. The minimum absolute atomic E-state index is 0.0144. The van der Waals surface area contributed by atoms with Crippen LogP contribution in [0.5, 0.6) is 0 Å². The van der Waals surface area contributed by atoms with E-state index in [1.807, 2.05) is 17.0 Å². The monoisotopic (exact) mass is 352 g/mol. The van der Waals surface area contributed by atoms with E-state index in [4.69, 9.17) is 4.42 Å². The lowest BCUT2D eigenvalue weighted by Gasteiger charge is -2.31. The third-order valence-corrected chi connectivity index (χ3v) is 5.29. The summed E-state index contributed by atoms with van der Waals surface area (Å²) < 4.78 is 5.21. The molecule has 0 radical (unpaired) electrons. The van der Waals surface area contributed by atoms with Crippen molar-refractivity contribution >= 4 is 11.8 Å². The molecular weight excluding hydrogens is 328 g/mol. The van der Waals surface area contributed by atoms with Gasteiger partial charge in [-0.15, -0.1) is 0 Å². The molecule has 2 heterocycles. The molecule has 0 spiro atoms. The van der Waals surface area contributed by atoms with Gasteiger partial charge >= 0.3 is 0 Å². The van der Waals surface area contributed by atoms with Gasteiger partial charge in [0.2, 0.25) is 0 Å². The number of carbonyl (C=O) groups is 2. The van der Waals surface area contributed by atoms with Crippen LogP contribution in [0.15, 0.2) is 47.1 Å². The second kappa shape index (κ2) is 7.36. The van der Waals surface area contributed by atoms with Gasteiger partial charge in [-0.2, -0.15) is 0 Å². The highest BCUT2D eigenvalue weighted by Crippen LogP contribution is 2.24. The van der Waals surface area contributed by atoms with E-state index < -0.39 is 0 Å². The highest BCUT2D eigenvalue weighted by atomic mass is 16.3. The Morgan fingerprint density at radius 3 is 2.38 bits per heavy atom. The summed E-state index contributed by atoms with van der Waals surface area (Å²) in [5.41, 5.74) is 1.99. The molecule has 0 bridgehead atoms. The number of carbonyl (C=O) groups excluding carboxylic acids is 2. The number of hydrogen-bond acceptors (Lipinski definition) is 3. The molecule has 5 heteroatoms. The van der Waals surface area contributed by atoms with Gasteiger partial charge in [-0.1, -0.05) is 12.1 Å². The summed E-state index contributed by atoms with van der Waals surface area (Å²) in [6, 6.07) is 11.8. The molecule has 0 unspecified atom stereocenters. The number of amides is 2. The zero-order chi connectivity index (χ0) is 17.9. The number of furan rings is 1. The summed E-state index contributed by atoms with van der Waals surface area (Å²) in [7, 11) is 0. The van der Waals surface area contributed by atoms with E-state index >= 15 is 0 Å². The fourth-order valence-electron chi connectivity index (χ4n) is 3.52. The molecule has 1 aromatic carbocycles. The van der Waals surface area contributed by atoms with Crippen molar-refractivity contribution < 1.29 is 14.0 Å². The van der Waals surface area contributed by atoms with Crippen LogP contribution in [-0.4, -0.2) is 35.8 Å². The molecule has 1 saturated heterocycles. The molecule has 5 nitrogen and oxygen atoms in total. The van der Waals surface area contributed by atoms with Crippen molar-refractivity contribution in [2.45, 2.75) is 38.1 Å². The third-order valence-electron chi connectivity index (χ3n) is 5.29. The van der Waals surface area contributed by atoms with Crippen LogP contribution in [0, 0.1) is 5.92 Å². The van der Waals surface area contributed by atoms with Gasteiger partial charge < -0.3 is 14.6 Å². The van der Waals surface area contributed by atoms with Crippen molar-refractivity contribution in [1.29, 1.82) is 0 Å². The van der Waals surface area contributed by atoms with E-state index in [-0.39, 0.29) is 11.8 Å². The summed E-state index contributed by atoms with van der Waals surface area (Å²) in [4.78, 5) is 26.2. The molecule has 4 rings (SSSR count). The first-order valence-corrected chi connectivity index (χ1v) is 9.41. The maximum Gasteiger partial charge on any atom is 0.289 e. The SMILES string of the molecule is O=C(NC1CC1)c1ccc(CC2CCN(C(=O)c3ccco3)CC2)cc1. The molecule has 2 aliphatic rings. The molecule has 2 amide bonds. The van der Waals surface area contributed by atoms with E-state index in [9.17, 15) is 9.59 Å². The molecule has 26 heavy (non-hydrogen) atoms. The number of likely N-dealkylation sites (tertiary alicyclic amines) is 1. The van der Waals surface area contributed by atoms with Crippen LogP contribution < -0.4 is 5.32 Å². The Balaban J connectivity index is 1.27. The summed E-state index contributed by atoms with van der Waals surface area (Å²) in [5.74, 6) is 1.01. The molecule has 136 valence electrons. The van der Waals surface area contributed by atoms with E-state index in [2.05, 4.69) is 17.4 Å². The number of benzene rings is 1. The van der Waals surface area contributed by atoms with Gasteiger partial charge in [0, 0.05) is 24.7 Å². The molecule has 1 aliphatic carbocycles. The standard InChI is InChI=1S/C21H24N2O3/c24-20(22-18-7-8-18)17-5-3-15(4-6-17)14-16-9-11-23(12-10-16)21(25)19-2-1-13-26-19/h1-6,13,16,18H,7-12,14H2,(H,22,24). The van der Waals surface area contributed by atoms with Crippen molar-refractivity contribution in [1.82, 2.24) is 10.2 Å². The van der Waals surface area contributed by atoms with Crippen molar-refractivity contribution in [2.75, 3.05) is 13.1 Å². The number of hydrogen-bond donors (Lipinski definition) is 1. The fraction of sp³-hybridized carbons (Fsp3) is 0.429. The molecule has 1 aliphatic heterocycles. The second-order valence-electron chi connectivity index (χ2n) is 7.36. The zero-order valence-corrected chi connectivity index (χ0v) is 14.8. The van der Waals surface area contributed by atoms with Crippen LogP contribution in [0.4, 0.5) is 0 Å². The van der Waals surface area contributed by atoms with Crippen LogP contribution >= 0.6 is 0 Å². The van der Waals surface area contributed by atoms with Gasteiger partial charge in [0.1, 0.15) is 0 Å². The molecule has 1 saturated carbocycles. The maximum atomic E-state index is 12.3. The quantitative estimate of drug-likeness (QED) is 0.898. The molecule has 2 aromatic rings. The van der Waals surface area contributed by atoms with Crippen LogP contribution in [0.25, 0.3) is 0 Å². The second-order valence-corrected chi connectivity index (χ2v) is 7.36. The summed E-state index contributed by atoms with van der Waals surface area (Å²) in [6.07, 6.45) is 6.73. The minimum Gasteiger partial charge on any atom is -0.459 e. The normalized spacial score (nSPS) is 17.9. The smallest absolute Gasteiger partial charge is 0.289 e. The lowest BCUT2D eigenvalue weighted by molar-refractivity contribution is 0.0658. The van der Waals surface area contributed by atoms with Crippen LogP contribution in [-0.2, 0) is 6.42 Å². The van der Waals surface area contributed by atoms with Gasteiger partial charge in [0.25, 0.3) is 11.8 Å². The first kappa shape index (κ1) is 16.9. The highest BCUT2D eigenvalue weighted by molar-refractivity contribution is 5.94. The van der Waals surface area contributed by atoms with E-state index in [0.29, 0.717) is 17.7 Å². The lowest BCUT2D eigenvalue weighted by atomic mass is 9.90. The number of rotatable bonds is 5. The molecule has 0 atom stereocenters. The van der Waals surface area contributed by atoms with Crippen LogP contribution in [0.3, 0.4) is 0 Å². The van der Waals surface area contributed by atoms with Gasteiger partial charge in [0.15, 0.2) is 5.76 Å². The minimum atomic E-state index is -0.0144. The average Bonchev–Trinajstić information content (AvgIpc) is 3.31. The Kier molecular flexibility index (Phi) is 4.78. The first-order chi connectivity index (χ1) is 12.7. The Labute approximate surface area is 153 Å². The van der Waals surface area contributed by atoms with Crippen molar-refractivity contribution in [3.8, 4) is 0 Å². The average molecular weight is 352 g/mol. The molecule has 2 fully saturated rings. The Morgan fingerprint density at radius 1 is 1.04 bits per heavy atom. The Morgan fingerprint density at radius 2 is 1.77 bits per heavy atom. The largest absolute Gasteiger partial charge is 0.459 e. The Bertz CT molecular complexity index is 755. The van der Waals surface area contributed by atoms with Gasteiger partial charge in [-0.25, -0.2) is 0 Å². The summed E-state index contributed by atoms with van der Waals surface area (Å²) >= 11 is 0. The maximum absolute atomic E-state index is 12.3. The van der Waals surface area contributed by atoms with Crippen molar-refractivity contribution in [3.63, 3.8) is 0 Å². The third kappa shape index (κ3) is 3.98. The van der Waals surface area contributed by atoms with E-state index in [0.717, 1.165) is 50.8 Å². The van der Waals surface area contributed by atoms with Crippen LogP contribution in [0.2, 0.25) is 0 Å². The summed E-state index contributed by atoms with van der Waals surface area (Å²) in [6.45, 7) is 1.54. The van der Waals surface area contributed by atoms with E-state index in [1.165, 1.54) is 11.8 Å². The van der Waals surface area contributed by atoms with Crippen LogP contribution in [0.1, 0.15) is 52.2 Å². The topological polar surface area (TPSA) is 62.6 Å². The van der Waals surface area contributed by atoms with Gasteiger partial charge in [-0.05, 0) is 67.9 Å². The number of nitrogens with zero attached hydrogens (tertiary/aromatic N) is 1. The molecule has 1 aromatic heterocycles. The predicted molar refractivity (Wildman–Crippen MR) is 98.0 cm³/mol. The summed E-state index contributed by atoms with van der Waals surface area (Å²) in [5, 5.41) is 3.01. The Hall–Kier alpha value is -2.56. The number of piperidine rings is 1. The van der Waals surface area contributed by atoms with E-state index in [1.54, 1.807) is 12.1 Å².